The van der Waals surface area contributed by atoms with Crippen molar-refractivity contribution < 1.29 is 4.74 Å². The van der Waals surface area contributed by atoms with E-state index in [0.29, 0.717) is 12.5 Å². The van der Waals surface area contributed by atoms with Gasteiger partial charge in [-0.3, -0.25) is 0 Å². The highest BCUT2D eigenvalue weighted by atomic mass is 16.5. The number of nitrogens with zero attached hydrogens (tertiary/aromatic N) is 2. The Labute approximate surface area is 146 Å². The highest BCUT2D eigenvalue weighted by Gasteiger charge is 2.19. The number of nitrogen functional groups attached to an aromatic ring is 1. The highest BCUT2D eigenvalue weighted by Crippen LogP contribution is 2.34. The number of fused-ring (bicyclic) bond motifs is 3. The van der Waals surface area contributed by atoms with Crippen molar-refractivity contribution in [1.82, 2.24) is 9.97 Å². The number of aryl methyl sites for hydroxylation is 2. The van der Waals surface area contributed by atoms with Crippen molar-refractivity contribution in [3.8, 4) is 17.0 Å². The molecule has 0 atom stereocenters. The number of hydrogen-bond acceptors (Lipinski definition) is 5. The van der Waals surface area contributed by atoms with Crippen molar-refractivity contribution in [2.45, 2.75) is 19.4 Å². The molecule has 0 aliphatic heterocycles. The standard InChI is InChI=1S/C20H20N4O/c1-25-17-8-9-18-14(10-17)4-5-15-12-23-20(24-19(15)18)22-11-13-2-6-16(21)7-3-13/h2-3,6-10,12H,4-5,11,21H2,1H3,(H,22,23,24). The molecule has 0 unspecified atom stereocenters. The molecule has 5 heteroatoms. The van der Waals surface area contributed by atoms with E-state index in [2.05, 4.69) is 22.4 Å². The van der Waals surface area contributed by atoms with Crippen LogP contribution in [0, 0.1) is 0 Å². The maximum absolute atomic E-state index is 5.72. The lowest BCUT2D eigenvalue weighted by Gasteiger charge is -2.20. The number of benzene rings is 2. The van der Waals surface area contributed by atoms with Crippen molar-refractivity contribution in [1.29, 1.82) is 0 Å². The van der Waals surface area contributed by atoms with Crippen LogP contribution < -0.4 is 15.8 Å². The molecule has 0 fully saturated rings. The number of nitrogens with one attached hydrogen (secondary N) is 1. The van der Waals surface area contributed by atoms with Crippen LogP contribution in [0.4, 0.5) is 11.6 Å². The van der Waals surface area contributed by atoms with E-state index >= 15 is 0 Å². The molecule has 2 aromatic carbocycles. The Kier molecular flexibility index (Phi) is 3.98. The summed E-state index contributed by atoms with van der Waals surface area (Å²) in [6, 6.07) is 14.0. The normalized spacial score (nSPS) is 12.2. The van der Waals surface area contributed by atoms with Gasteiger partial charge in [0.2, 0.25) is 5.95 Å². The molecular formula is C20H20N4O. The van der Waals surface area contributed by atoms with E-state index in [0.717, 1.165) is 35.5 Å². The largest absolute Gasteiger partial charge is 0.497 e. The predicted octanol–water partition coefficient (Wildman–Crippen LogP) is 3.45. The number of nitrogens with two attached hydrogens (primary N) is 1. The summed E-state index contributed by atoms with van der Waals surface area (Å²) in [5.41, 5.74) is 12.3. The minimum Gasteiger partial charge on any atom is -0.497 e. The van der Waals surface area contributed by atoms with Crippen molar-refractivity contribution in [2.75, 3.05) is 18.2 Å². The highest BCUT2D eigenvalue weighted by molar-refractivity contribution is 5.71. The van der Waals surface area contributed by atoms with Gasteiger partial charge in [0, 0.05) is 24.0 Å². The molecule has 0 radical (unpaired) electrons. The van der Waals surface area contributed by atoms with E-state index in [-0.39, 0.29) is 0 Å². The monoisotopic (exact) mass is 332 g/mol. The number of hydrogen-bond donors (Lipinski definition) is 2. The molecule has 0 spiro atoms. The minimum atomic E-state index is 0.638. The van der Waals surface area contributed by atoms with E-state index in [4.69, 9.17) is 15.5 Å². The van der Waals surface area contributed by atoms with Crippen LogP contribution in [0.25, 0.3) is 11.3 Å². The van der Waals surface area contributed by atoms with Gasteiger partial charge in [-0.25, -0.2) is 9.97 Å². The van der Waals surface area contributed by atoms with Gasteiger partial charge in [-0.05, 0) is 59.9 Å². The lowest BCUT2D eigenvalue weighted by atomic mass is 9.90. The zero-order valence-electron chi connectivity index (χ0n) is 14.1. The predicted molar refractivity (Wildman–Crippen MR) is 99.6 cm³/mol. The van der Waals surface area contributed by atoms with E-state index in [1.54, 1.807) is 7.11 Å². The molecule has 1 aliphatic rings. The fraction of sp³-hybridized carbons (Fsp3) is 0.200. The van der Waals surface area contributed by atoms with Crippen LogP contribution in [-0.4, -0.2) is 17.1 Å². The Morgan fingerprint density at radius 1 is 1.08 bits per heavy atom. The van der Waals surface area contributed by atoms with Crippen LogP contribution in [0.3, 0.4) is 0 Å². The van der Waals surface area contributed by atoms with Crippen LogP contribution >= 0.6 is 0 Å². The van der Waals surface area contributed by atoms with Crippen LogP contribution in [0.15, 0.2) is 48.7 Å². The van der Waals surface area contributed by atoms with Gasteiger partial charge in [-0.1, -0.05) is 12.1 Å². The molecule has 0 saturated carbocycles. The van der Waals surface area contributed by atoms with Gasteiger partial charge in [0.05, 0.1) is 12.8 Å². The Bertz CT molecular complexity index is 906. The molecule has 0 bridgehead atoms. The summed E-state index contributed by atoms with van der Waals surface area (Å²) < 4.78 is 5.33. The van der Waals surface area contributed by atoms with Crippen LogP contribution in [0.2, 0.25) is 0 Å². The Hall–Kier alpha value is -3.08. The average Bonchev–Trinajstić information content (AvgIpc) is 2.66. The number of anilines is 2. The lowest BCUT2D eigenvalue weighted by Crippen LogP contribution is -2.10. The maximum atomic E-state index is 5.72. The smallest absolute Gasteiger partial charge is 0.223 e. The van der Waals surface area contributed by atoms with Gasteiger partial charge >= 0.3 is 0 Å². The van der Waals surface area contributed by atoms with E-state index in [9.17, 15) is 0 Å². The molecule has 126 valence electrons. The van der Waals surface area contributed by atoms with E-state index in [1.165, 1.54) is 16.7 Å². The SMILES string of the molecule is COc1ccc2c(c1)CCc1cnc(NCc3ccc(N)cc3)nc1-2. The van der Waals surface area contributed by atoms with E-state index in [1.807, 2.05) is 36.5 Å². The summed E-state index contributed by atoms with van der Waals surface area (Å²) >= 11 is 0. The first-order valence-corrected chi connectivity index (χ1v) is 8.34. The Balaban J connectivity index is 1.59. The van der Waals surface area contributed by atoms with Crippen molar-refractivity contribution in [3.63, 3.8) is 0 Å². The maximum Gasteiger partial charge on any atom is 0.223 e. The van der Waals surface area contributed by atoms with Crippen LogP contribution in [0.5, 0.6) is 5.75 Å². The lowest BCUT2D eigenvalue weighted by molar-refractivity contribution is 0.414. The summed E-state index contributed by atoms with van der Waals surface area (Å²) in [6.07, 6.45) is 3.87. The second kappa shape index (κ2) is 6.43. The number of methoxy groups -OCH3 is 1. The molecule has 3 N–H and O–H groups in total. The summed E-state index contributed by atoms with van der Waals surface area (Å²) in [7, 11) is 1.69. The molecule has 0 saturated heterocycles. The van der Waals surface area contributed by atoms with Crippen molar-refractivity contribution >= 4 is 11.6 Å². The van der Waals surface area contributed by atoms with Gasteiger partial charge in [0.25, 0.3) is 0 Å². The summed E-state index contributed by atoms with van der Waals surface area (Å²) in [4.78, 5) is 9.21. The van der Waals surface area contributed by atoms with Gasteiger partial charge in [-0.2, -0.15) is 0 Å². The first-order valence-electron chi connectivity index (χ1n) is 8.34. The third-order valence-electron chi connectivity index (χ3n) is 4.53. The fourth-order valence-electron chi connectivity index (χ4n) is 3.13. The Morgan fingerprint density at radius 2 is 1.88 bits per heavy atom. The quantitative estimate of drug-likeness (QED) is 0.716. The van der Waals surface area contributed by atoms with Gasteiger partial charge in [-0.15, -0.1) is 0 Å². The number of rotatable bonds is 4. The second-order valence-electron chi connectivity index (χ2n) is 6.19. The molecule has 1 aliphatic carbocycles. The summed E-state index contributed by atoms with van der Waals surface area (Å²) in [5.74, 6) is 1.53. The molecule has 5 nitrogen and oxygen atoms in total. The van der Waals surface area contributed by atoms with E-state index < -0.39 is 0 Å². The zero-order chi connectivity index (χ0) is 17.2. The molecule has 1 aromatic heterocycles. The molecule has 0 amide bonds. The van der Waals surface area contributed by atoms with Crippen LogP contribution in [0.1, 0.15) is 16.7 Å². The number of aromatic nitrogens is 2. The molecule has 25 heavy (non-hydrogen) atoms. The zero-order valence-corrected chi connectivity index (χ0v) is 14.1. The second-order valence-corrected chi connectivity index (χ2v) is 6.19. The molecular weight excluding hydrogens is 312 g/mol. The van der Waals surface area contributed by atoms with Crippen molar-refractivity contribution in [3.05, 3.63) is 65.4 Å². The van der Waals surface area contributed by atoms with Crippen LogP contribution in [-0.2, 0) is 19.4 Å². The van der Waals surface area contributed by atoms with Gasteiger partial charge in [0.1, 0.15) is 5.75 Å². The Morgan fingerprint density at radius 3 is 2.68 bits per heavy atom. The number of ether oxygens (including phenoxy) is 1. The third kappa shape index (κ3) is 3.13. The van der Waals surface area contributed by atoms with Gasteiger partial charge < -0.3 is 15.8 Å². The third-order valence-corrected chi connectivity index (χ3v) is 4.53. The molecule has 1 heterocycles. The summed E-state index contributed by atoms with van der Waals surface area (Å²) in [6.45, 7) is 0.661. The first-order chi connectivity index (χ1) is 12.2. The topological polar surface area (TPSA) is 73.1 Å². The minimum absolute atomic E-state index is 0.638. The van der Waals surface area contributed by atoms with Crippen molar-refractivity contribution in [2.24, 2.45) is 0 Å². The molecule has 4 rings (SSSR count). The fourth-order valence-corrected chi connectivity index (χ4v) is 3.13. The first kappa shape index (κ1) is 15.4. The van der Waals surface area contributed by atoms with Gasteiger partial charge in [0.15, 0.2) is 0 Å². The molecule has 3 aromatic rings. The average molecular weight is 332 g/mol. The summed E-state index contributed by atoms with van der Waals surface area (Å²) in [5, 5.41) is 3.30.